The van der Waals surface area contributed by atoms with Gasteiger partial charge in [-0.05, 0) is 0 Å². The zero-order valence-corrected chi connectivity index (χ0v) is 6.29. The lowest BCUT2D eigenvalue weighted by molar-refractivity contribution is -0.142. The molecule has 0 bridgehead atoms. The Morgan fingerprint density at radius 2 is 1.67 bits per heavy atom. The molecule has 6 nitrogen and oxygen atoms in total. The highest BCUT2D eigenvalue weighted by molar-refractivity contribution is 5.84. The number of carbonyl (C=O) groups excluding carboxylic acids is 1. The van der Waals surface area contributed by atoms with Crippen molar-refractivity contribution in [1.29, 1.82) is 0 Å². The van der Waals surface area contributed by atoms with Crippen LogP contribution in [0.15, 0.2) is 0 Å². The number of hydrogen-bond acceptors (Lipinski definition) is 6. The van der Waals surface area contributed by atoms with Crippen molar-refractivity contribution in [3.05, 3.63) is 0 Å². The summed E-state index contributed by atoms with van der Waals surface area (Å²) in [5.74, 6) is -1.00. The largest absolute Gasteiger partial charge is 0.394 e. The number of aliphatic hydroxyl groups is 5. The third-order valence-electron chi connectivity index (χ3n) is 1.39. The van der Waals surface area contributed by atoms with Crippen LogP contribution in [0.2, 0.25) is 0 Å². The molecule has 0 aliphatic heterocycles. The number of rotatable bonds is 5. The van der Waals surface area contributed by atoms with Gasteiger partial charge in [0, 0.05) is 0 Å². The third-order valence-corrected chi connectivity index (χ3v) is 1.39. The molecule has 0 amide bonds. The summed E-state index contributed by atoms with van der Waals surface area (Å²) in [5.41, 5.74) is 0. The van der Waals surface area contributed by atoms with Gasteiger partial charge in [0.2, 0.25) is 0 Å². The first-order chi connectivity index (χ1) is 5.54. The van der Waals surface area contributed by atoms with Gasteiger partial charge in [-0.15, -0.1) is 0 Å². The van der Waals surface area contributed by atoms with E-state index in [1.54, 1.807) is 0 Å². The van der Waals surface area contributed by atoms with Crippen molar-refractivity contribution >= 4 is 5.78 Å². The van der Waals surface area contributed by atoms with Gasteiger partial charge >= 0.3 is 0 Å². The molecule has 1 unspecified atom stereocenters. The predicted octanol–water partition coefficient (Wildman–Crippen LogP) is -3.38. The summed E-state index contributed by atoms with van der Waals surface area (Å²) < 4.78 is 0. The molecule has 0 aliphatic rings. The van der Waals surface area contributed by atoms with E-state index in [-0.39, 0.29) is 0 Å². The van der Waals surface area contributed by atoms with Crippen molar-refractivity contribution in [2.24, 2.45) is 0 Å². The van der Waals surface area contributed by atoms with Gasteiger partial charge in [-0.1, -0.05) is 0 Å². The van der Waals surface area contributed by atoms with Crippen LogP contribution in [-0.2, 0) is 4.79 Å². The fourth-order valence-corrected chi connectivity index (χ4v) is 0.602. The van der Waals surface area contributed by atoms with Gasteiger partial charge in [0.1, 0.15) is 24.9 Å². The Morgan fingerprint density at radius 3 is 2.00 bits per heavy atom. The quantitative estimate of drug-likeness (QED) is 0.301. The molecule has 3 atom stereocenters. The molecule has 0 fully saturated rings. The predicted molar refractivity (Wildman–Crippen MR) is 37.2 cm³/mol. The zero-order valence-electron chi connectivity index (χ0n) is 6.29. The van der Waals surface area contributed by atoms with Crippen molar-refractivity contribution < 1.29 is 30.3 Å². The minimum absolute atomic E-state index is 0.767. The first kappa shape index (κ1) is 11.5. The van der Waals surface area contributed by atoms with Crippen molar-refractivity contribution in [1.82, 2.24) is 0 Å². The Bertz CT molecular complexity index is 147. The molecule has 0 aromatic carbocycles. The van der Waals surface area contributed by atoms with Gasteiger partial charge in [-0.3, -0.25) is 4.79 Å². The van der Waals surface area contributed by atoms with Gasteiger partial charge in [-0.25, -0.2) is 0 Å². The molecule has 72 valence electrons. The first-order valence-corrected chi connectivity index (χ1v) is 3.33. The maximum absolute atomic E-state index is 10.5. The minimum Gasteiger partial charge on any atom is -0.394 e. The molecule has 12 heavy (non-hydrogen) atoms. The van der Waals surface area contributed by atoms with Gasteiger partial charge in [0.25, 0.3) is 0 Å². The Balaban J connectivity index is 4.08. The summed E-state index contributed by atoms with van der Waals surface area (Å²) in [4.78, 5) is 10.5. The molecule has 0 radical (unpaired) electrons. The second-order valence-corrected chi connectivity index (χ2v) is 2.31. The van der Waals surface area contributed by atoms with E-state index < -0.39 is 37.3 Å². The van der Waals surface area contributed by atoms with E-state index in [2.05, 4.69) is 0 Å². The van der Waals surface area contributed by atoms with Crippen LogP contribution in [0.4, 0.5) is 0 Å². The van der Waals surface area contributed by atoms with Crippen molar-refractivity contribution in [3.8, 4) is 0 Å². The second-order valence-electron chi connectivity index (χ2n) is 2.31. The standard InChI is InChI=1S/C6H12O6/c7-1-3(9)5(11)6(12)4(10)2-8/h3,5-9,11-12H,1-2H2/t3-,5?,6+/m1/s1. The van der Waals surface area contributed by atoms with Crippen LogP contribution in [-0.4, -0.2) is 62.8 Å². The maximum Gasteiger partial charge on any atom is 0.189 e. The molecule has 0 aromatic heterocycles. The molecule has 0 heterocycles. The van der Waals surface area contributed by atoms with Crippen LogP contribution in [0.3, 0.4) is 0 Å². The summed E-state index contributed by atoms with van der Waals surface area (Å²) in [5, 5.41) is 43.1. The summed E-state index contributed by atoms with van der Waals surface area (Å²) in [7, 11) is 0. The first-order valence-electron chi connectivity index (χ1n) is 3.33. The highest BCUT2D eigenvalue weighted by atomic mass is 16.4. The Morgan fingerprint density at radius 1 is 1.17 bits per heavy atom. The molecule has 0 rings (SSSR count). The molecular weight excluding hydrogens is 168 g/mol. The van der Waals surface area contributed by atoms with E-state index in [9.17, 15) is 4.79 Å². The normalized spacial score (nSPS) is 18.4. The number of ketones is 1. The summed E-state index contributed by atoms with van der Waals surface area (Å²) >= 11 is 0. The number of hydrogen-bond donors (Lipinski definition) is 5. The van der Waals surface area contributed by atoms with E-state index >= 15 is 0 Å². The van der Waals surface area contributed by atoms with Crippen LogP contribution in [0.1, 0.15) is 0 Å². The minimum atomic E-state index is -1.86. The van der Waals surface area contributed by atoms with Crippen molar-refractivity contribution in [2.75, 3.05) is 13.2 Å². The number of Topliss-reactive ketones (excluding diaryl/α,β-unsaturated/α-hetero) is 1. The van der Waals surface area contributed by atoms with Crippen LogP contribution < -0.4 is 0 Å². The highest BCUT2D eigenvalue weighted by Crippen LogP contribution is 2.00. The Kier molecular flexibility index (Phi) is 4.95. The van der Waals surface area contributed by atoms with Crippen LogP contribution >= 0.6 is 0 Å². The third kappa shape index (κ3) is 2.84. The second kappa shape index (κ2) is 5.18. The van der Waals surface area contributed by atoms with Gasteiger partial charge in [0.15, 0.2) is 5.78 Å². The molecular formula is C6H12O6. The van der Waals surface area contributed by atoms with Gasteiger partial charge < -0.3 is 25.5 Å². The van der Waals surface area contributed by atoms with E-state index in [0.717, 1.165) is 0 Å². The molecule has 6 heteroatoms. The number of carbonyl (C=O) groups is 1. The molecule has 0 saturated carbocycles. The zero-order chi connectivity index (χ0) is 9.72. The summed E-state index contributed by atoms with van der Waals surface area (Å²) in [6, 6.07) is 0. The van der Waals surface area contributed by atoms with Crippen LogP contribution in [0, 0.1) is 0 Å². The van der Waals surface area contributed by atoms with E-state index in [4.69, 9.17) is 25.5 Å². The lowest BCUT2D eigenvalue weighted by Gasteiger charge is -2.19. The van der Waals surface area contributed by atoms with E-state index in [0.29, 0.717) is 0 Å². The van der Waals surface area contributed by atoms with Gasteiger partial charge in [-0.2, -0.15) is 0 Å². The monoisotopic (exact) mass is 180 g/mol. The summed E-state index contributed by atoms with van der Waals surface area (Å²) in [6.07, 6.45) is -5.22. The van der Waals surface area contributed by atoms with Crippen molar-refractivity contribution in [2.45, 2.75) is 18.3 Å². The highest BCUT2D eigenvalue weighted by Gasteiger charge is 2.28. The average Bonchev–Trinajstić information content (AvgIpc) is 2.12. The molecule has 0 aliphatic carbocycles. The fourth-order valence-electron chi connectivity index (χ4n) is 0.602. The molecule has 5 N–H and O–H groups in total. The lowest BCUT2D eigenvalue weighted by Crippen LogP contribution is -2.44. The Labute approximate surface area is 68.7 Å². The molecule has 0 spiro atoms. The van der Waals surface area contributed by atoms with E-state index in [1.165, 1.54) is 0 Å². The molecule has 0 saturated heterocycles. The van der Waals surface area contributed by atoms with E-state index in [1.807, 2.05) is 0 Å². The van der Waals surface area contributed by atoms with Gasteiger partial charge in [0.05, 0.1) is 6.61 Å². The summed E-state index contributed by atoms with van der Waals surface area (Å²) in [6.45, 7) is -1.69. The number of aliphatic hydroxyl groups excluding tert-OH is 5. The van der Waals surface area contributed by atoms with Crippen LogP contribution in [0.25, 0.3) is 0 Å². The smallest absolute Gasteiger partial charge is 0.189 e. The molecule has 0 aromatic rings. The maximum atomic E-state index is 10.5. The fraction of sp³-hybridized carbons (Fsp3) is 0.833. The average molecular weight is 180 g/mol. The van der Waals surface area contributed by atoms with Crippen molar-refractivity contribution in [3.63, 3.8) is 0 Å². The SMILES string of the molecule is O=C(CO)[C@H](O)C(O)[C@H](O)CO. The lowest BCUT2D eigenvalue weighted by atomic mass is 10.1. The topological polar surface area (TPSA) is 118 Å². The van der Waals surface area contributed by atoms with Crippen LogP contribution in [0.5, 0.6) is 0 Å². The Hall–Kier alpha value is -0.530.